The molecule has 1 heterocycles. The highest BCUT2D eigenvalue weighted by Crippen LogP contribution is 2.29. The third-order valence-electron chi connectivity index (χ3n) is 3.16. The summed E-state index contributed by atoms with van der Waals surface area (Å²) >= 11 is 0. The van der Waals surface area contributed by atoms with Crippen LogP contribution in [0.5, 0.6) is 0 Å². The largest absolute Gasteiger partial charge is 0.367 e. The van der Waals surface area contributed by atoms with Crippen molar-refractivity contribution in [1.29, 1.82) is 0 Å². The summed E-state index contributed by atoms with van der Waals surface area (Å²) in [5, 5.41) is 0. The lowest BCUT2D eigenvalue weighted by Crippen LogP contribution is -2.31. The minimum Gasteiger partial charge on any atom is -0.367 e. The SMILES string of the molecule is CC1=CCCN(c2cccc(F)c2C(C)N)C1. The summed E-state index contributed by atoms with van der Waals surface area (Å²) in [6.45, 7) is 5.73. The molecule has 17 heavy (non-hydrogen) atoms. The van der Waals surface area contributed by atoms with Crippen LogP contribution in [0.1, 0.15) is 31.9 Å². The summed E-state index contributed by atoms with van der Waals surface area (Å²) in [6, 6.07) is 4.91. The van der Waals surface area contributed by atoms with Crippen LogP contribution < -0.4 is 10.6 Å². The van der Waals surface area contributed by atoms with Gasteiger partial charge in [0.05, 0.1) is 0 Å². The predicted molar refractivity (Wildman–Crippen MR) is 69.6 cm³/mol. The zero-order valence-corrected chi connectivity index (χ0v) is 10.4. The van der Waals surface area contributed by atoms with Gasteiger partial charge in [0.2, 0.25) is 0 Å². The second kappa shape index (κ2) is 4.88. The lowest BCUT2D eigenvalue weighted by molar-refractivity contribution is 0.591. The number of nitrogens with two attached hydrogens (primary N) is 1. The molecule has 1 aliphatic heterocycles. The van der Waals surface area contributed by atoms with Crippen molar-refractivity contribution in [2.45, 2.75) is 26.3 Å². The molecule has 1 aromatic carbocycles. The summed E-state index contributed by atoms with van der Waals surface area (Å²) < 4.78 is 13.8. The van der Waals surface area contributed by atoms with Crippen LogP contribution in [0, 0.1) is 5.82 Å². The highest BCUT2D eigenvalue weighted by atomic mass is 19.1. The van der Waals surface area contributed by atoms with E-state index in [0.717, 1.165) is 25.2 Å². The molecule has 0 radical (unpaired) electrons. The molecule has 1 aliphatic rings. The van der Waals surface area contributed by atoms with E-state index in [-0.39, 0.29) is 11.9 Å². The molecular weight excluding hydrogens is 215 g/mol. The van der Waals surface area contributed by atoms with Crippen LogP contribution in [0.4, 0.5) is 10.1 Å². The van der Waals surface area contributed by atoms with Crippen LogP contribution in [0.2, 0.25) is 0 Å². The predicted octanol–water partition coefficient (Wildman–Crippen LogP) is 3.00. The van der Waals surface area contributed by atoms with Crippen molar-refractivity contribution in [3.63, 3.8) is 0 Å². The Balaban J connectivity index is 2.38. The normalized spacial score (nSPS) is 17.9. The Bertz CT molecular complexity index is 438. The number of benzene rings is 1. The maximum Gasteiger partial charge on any atom is 0.130 e. The van der Waals surface area contributed by atoms with Crippen LogP contribution >= 0.6 is 0 Å². The van der Waals surface area contributed by atoms with Gasteiger partial charge in [-0.1, -0.05) is 17.7 Å². The van der Waals surface area contributed by atoms with Gasteiger partial charge in [0, 0.05) is 30.4 Å². The molecule has 1 atom stereocenters. The van der Waals surface area contributed by atoms with Crippen molar-refractivity contribution in [2.75, 3.05) is 18.0 Å². The molecule has 1 unspecified atom stereocenters. The molecule has 0 saturated carbocycles. The minimum atomic E-state index is -0.280. The van der Waals surface area contributed by atoms with Gasteiger partial charge in [0.25, 0.3) is 0 Å². The van der Waals surface area contributed by atoms with E-state index in [1.54, 1.807) is 6.07 Å². The molecule has 0 amide bonds. The fraction of sp³-hybridized carbons (Fsp3) is 0.429. The van der Waals surface area contributed by atoms with Crippen LogP contribution in [-0.4, -0.2) is 13.1 Å². The number of rotatable bonds is 2. The molecule has 0 spiro atoms. The molecule has 92 valence electrons. The summed E-state index contributed by atoms with van der Waals surface area (Å²) in [7, 11) is 0. The molecule has 0 fully saturated rings. The summed E-state index contributed by atoms with van der Waals surface area (Å²) in [4.78, 5) is 2.21. The van der Waals surface area contributed by atoms with Crippen molar-refractivity contribution in [3.8, 4) is 0 Å². The maximum atomic E-state index is 13.8. The van der Waals surface area contributed by atoms with Gasteiger partial charge in [-0.2, -0.15) is 0 Å². The average molecular weight is 234 g/mol. The van der Waals surface area contributed by atoms with Crippen molar-refractivity contribution < 1.29 is 4.39 Å². The fourth-order valence-corrected chi connectivity index (χ4v) is 2.37. The van der Waals surface area contributed by atoms with E-state index in [4.69, 9.17) is 5.73 Å². The third-order valence-corrected chi connectivity index (χ3v) is 3.16. The van der Waals surface area contributed by atoms with Gasteiger partial charge < -0.3 is 10.6 Å². The molecule has 1 aromatic rings. The summed E-state index contributed by atoms with van der Waals surface area (Å²) in [6.07, 6.45) is 3.25. The Morgan fingerprint density at radius 3 is 2.82 bits per heavy atom. The Labute approximate surface area is 102 Å². The average Bonchev–Trinajstić information content (AvgIpc) is 2.28. The number of hydrogen-bond donors (Lipinski definition) is 1. The van der Waals surface area contributed by atoms with E-state index in [2.05, 4.69) is 17.9 Å². The van der Waals surface area contributed by atoms with Gasteiger partial charge in [0.1, 0.15) is 5.82 Å². The first kappa shape index (κ1) is 12.1. The number of halogens is 1. The monoisotopic (exact) mass is 234 g/mol. The van der Waals surface area contributed by atoms with E-state index in [9.17, 15) is 4.39 Å². The first-order valence-electron chi connectivity index (χ1n) is 6.04. The number of anilines is 1. The molecule has 2 nitrogen and oxygen atoms in total. The van der Waals surface area contributed by atoms with E-state index in [0.29, 0.717) is 5.56 Å². The van der Waals surface area contributed by atoms with E-state index >= 15 is 0 Å². The van der Waals surface area contributed by atoms with Crippen LogP contribution in [0.3, 0.4) is 0 Å². The van der Waals surface area contributed by atoms with E-state index in [1.807, 2.05) is 13.0 Å². The first-order valence-corrected chi connectivity index (χ1v) is 6.04. The molecule has 0 aromatic heterocycles. The second-order valence-corrected chi connectivity index (χ2v) is 4.72. The van der Waals surface area contributed by atoms with Gasteiger partial charge >= 0.3 is 0 Å². The Hall–Kier alpha value is -1.35. The maximum absolute atomic E-state index is 13.8. The fourth-order valence-electron chi connectivity index (χ4n) is 2.37. The molecule has 0 bridgehead atoms. The first-order chi connectivity index (χ1) is 8.09. The Kier molecular flexibility index (Phi) is 3.48. The summed E-state index contributed by atoms with van der Waals surface area (Å²) in [5.41, 5.74) is 8.77. The zero-order chi connectivity index (χ0) is 12.4. The van der Waals surface area contributed by atoms with Crippen molar-refractivity contribution in [3.05, 3.63) is 41.2 Å². The van der Waals surface area contributed by atoms with Crippen molar-refractivity contribution >= 4 is 5.69 Å². The lowest BCUT2D eigenvalue weighted by atomic mass is 10.0. The van der Waals surface area contributed by atoms with Crippen molar-refractivity contribution in [2.24, 2.45) is 5.73 Å². The topological polar surface area (TPSA) is 29.3 Å². The third kappa shape index (κ3) is 2.50. The zero-order valence-electron chi connectivity index (χ0n) is 10.4. The lowest BCUT2D eigenvalue weighted by Gasteiger charge is -2.31. The quantitative estimate of drug-likeness (QED) is 0.797. The standard InChI is InChI=1S/C14H19FN2/c1-10-5-4-8-17(9-10)13-7-3-6-12(15)14(13)11(2)16/h3,5-7,11H,4,8-9,16H2,1-2H3. The second-order valence-electron chi connectivity index (χ2n) is 4.72. The highest BCUT2D eigenvalue weighted by Gasteiger charge is 2.18. The van der Waals surface area contributed by atoms with Gasteiger partial charge in [-0.25, -0.2) is 4.39 Å². The van der Waals surface area contributed by atoms with Crippen molar-refractivity contribution in [1.82, 2.24) is 0 Å². The Morgan fingerprint density at radius 2 is 2.18 bits per heavy atom. The number of nitrogens with zero attached hydrogens (tertiary/aromatic N) is 1. The van der Waals surface area contributed by atoms with E-state index < -0.39 is 0 Å². The van der Waals surface area contributed by atoms with Gasteiger partial charge in [-0.15, -0.1) is 0 Å². The molecule has 0 saturated heterocycles. The smallest absolute Gasteiger partial charge is 0.130 e. The van der Waals surface area contributed by atoms with Crippen LogP contribution in [0.25, 0.3) is 0 Å². The van der Waals surface area contributed by atoms with Gasteiger partial charge in [-0.05, 0) is 32.4 Å². The molecular formula is C14H19FN2. The summed E-state index contributed by atoms with van der Waals surface area (Å²) in [5.74, 6) is -0.204. The molecule has 2 N–H and O–H groups in total. The van der Waals surface area contributed by atoms with Crippen LogP contribution in [0.15, 0.2) is 29.8 Å². The minimum absolute atomic E-state index is 0.204. The number of hydrogen-bond acceptors (Lipinski definition) is 2. The molecule has 3 heteroatoms. The van der Waals surface area contributed by atoms with Gasteiger partial charge in [-0.3, -0.25) is 0 Å². The highest BCUT2D eigenvalue weighted by molar-refractivity contribution is 5.56. The molecule has 2 rings (SSSR count). The van der Waals surface area contributed by atoms with Crippen LogP contribution in [-0.2, 0) is 0 Å². The Morgan fingerprint density at radius 1 is 1.41 bits per heavy atom. The van der Waals surface area contributed by atoms with Gasteiger partial charge in [0.15, 0.2) is 0 Å². The van der Waals surface area contributed by atoms with E-state index in [1.165, 1.54) is 11.6 Å². The molecule has 0 aliphatic carbocycles.